The molecule has 41 heavy (non-hydrogen) atoms. The van der Waals surface area contributed by atoms with E-state index in [1.165, 1.54) is 4.31 Å². The monoisotopic (exact) mass is 601 g/mol. The van der Waals surface area contributed by atoms with E-state index >= 15 is 0 Å². The zero-order chi connectivity index (χ0) is 29.0. The molecule has 0 saturated carbocycles. The van der Waals surface area contributed by atoms with Crippen LogP contribution in [0.3, 0.4) is 0 Å². The van der Waals surface area contributed by atoms with E-state index in [-0.39, 0.29) is 43.5 Å². The summed E-state index contributed by atoms with van der Waals surface area (Å²) in [6, 6.07) is 14.5. The Morgan fingerprint density at radius 2 is 1.66 bits per heavy atom. The van der Waals surface area contributed by atoms with E-state index in [9.17, 15) is 13.2 Å². The predicted molar refractivity (Wildman–Crippen MR) is 155 cm³/mol. The Balaban J connectivity index is 1.28. The number of nitrogens with zero attached hydrogens (tertiary/aromatic N) is 5. The first-order valence-electron chi connectivity index (χ1n) is 13.9. The number of halogens is 1. The number of rotatable bonds is 9. The molecular weight excluding hydrogens is 566 g/mol. The summed E-state index contributed by atoms with van der Waals surface area (Å²) >= 11 is 6.01. The number of carbonyl (C=O) groups excluding carboxylic acids is 1. The Hall–Kier alpha value is -2.83. The van der Waals surface area contributed by atoms with E-state index in [4.69, 9.17) is 21.1 Å². The lowest BCUT2D eigenvalue weighted by Gasteiger charge is -2.32. The maximum absolute atomic E-state index is 13.8. The number of amides is 1. The Morgan fingerprint density at radius 3 is 2.32 bits per heavy atom. The van der Waals surface area contributed by atoms with Crippen LogP contribution >= 0.6 is 11.6 Å². The molecular formula is C29H36ClN5O5S. The van der Waals surface area contributed by atoms with Gasteiger partial charge in [0.25, 0.3) is 0 Å². The summed E-state index contributed by atoms with van der Waals surface area (Å²) in [7, 11) is -3.71. The van der Waals surface area contributed by atoms with Crippen LogP contribution in [0.1, 0.15) is 37.9 Å². The van der Waals surface area contributed by atoms with Crippen LogP contribution in [0.2, 0.25) is 5.02 Å². The summed E-state index contributed by atoms with van der Waals surface area (Å²) < 4.78 is 41.3. The summed E-state index contributed by atoms with van der Waals surface area (Å²) in [5.74, 6) is -0.607. The van der Waals surface area contributed by atoms with Gasteiger partial charge in [-0.3, -0.25) is 9.48 Å². The molecule has 220 valence electrons. The van der Waals surface area contributed by atoms with Gasteiger partial charge in [0.05, 0.1) is 31.7 Å². The maximum atomic E-state index is 13.8. The van der Waals surface area contributed by atoms with Gasteiger partial charge in [-0.15, -0.1) is 5.10 Å². The molecule has 10 nitrogen and oxygen atoms in total. The highest BCUT2D eigenvalue weighted by Crippen LogP contribution is 2.27. The highest BCUT2D eigenvalue weighted by molar-refractivity contribution is 7.89. The molecule has 0 N–H and O–H groups in total. The van der Waals surface area contributed by atoms with Crippen molar-refractivity contribution < 1.29 is 22.7 Å². The molecule has 0 radical (unpaired) electrons. The topological polar surface area (TPSA) is 107 Å². The molecule has 2 aliphatic rings. The van der Waals surface area contributed by atoms with E-state index in [1.54, 1.807) is 15.8 Å². The van der Waals surface area contributed by atoms with Crippen molar-refractivity contribution in [1.29, 1.82) is 0 Å². The van der Waals surface area contributed by atoms with Gasteiger partial charge in [-0.25, -0.2) is 8.42 Å². The van der Waals surface area contributed by atoms with E-state index < -0.39 is 16.1 Å². The number of hydrogen-bond donors (Lipinski definition) is 0. The van der Waals surface area contributed by atoms with E-state index in [1.807, 2.05) is 62.4 Å². The van der Waals surface area contributed by atoms with Crippen LogP contribution in [-0.2, 0) is 43.9 Å². The highest BCUT2D eigenvalue weighted by atomic mass is 35.5. The van der Waals surface area contributed by atoms with Crippen LogP contribution in [0, 0.1) is 5.92 Å². The highest BCUT2D eigenvalue weighted by Gasteiger charge is 2.42. The largest absolute Gasteiger partial charge is 0.353 e. The molecule has 1 amide bonds. The van der Waals surface area contributed by atoms with Crippen LogP contribution in [0.5, 0.6) is 0 Å². The third kappa shape index (κ3) is 7.34. The molecule has 2 saturated heterocycles. The molecule has 3 heterocycles. The number of benzene rings is 2. The fourth-order valence-electron chi connectivity index (χ4n) is 5.19. The zero-order valence-electron chi connectivity index (χ0n) is 23.4. The van der Waals surface area contributed by atoms with Crippen molar-refractivity contribution in [1.82, 2.24) is 24.2 Å². The lowest BCUT2D eigenvalue weighted by atomic mass is 10.0. The standard InChI is InChI=1S/C29H36ClN5O5S/c1-21(2)28-29(36)33(19-26-20-34(32-31-26)13-12-27-39-15-3-16-40-27)14-17-41(37,38)35(28)18-22-4-6-23(7-5-22)24-8-10-25(30)11-9-24/h4-11,20-21,27-28H,3,12-19H2,1-2H3. The quantitative estimate of drug-likeness (QED) is 0.365. The number of aromatic nitrogens is 3. The molecule has 0 spiro atoms. The Labute approximate surface area is 246 Å². The Bertz CT molecular complexity index is 1420. The lowest BCUT2D eigenvalue weighted by molar-refractivity contribution is -0.182. The van der Waals surface area contributed by atoms with Crippen molar-refractivity contribution in [3.8, 4) is 11.1 Å². The third-order valence-corrected chi connectivity index (χ3v) is 9.40. The molecule has 0 aliphatic carbocycles. The second kappa shape index (κ2) is 13.0. The van der Waals surface area contributed by atoms with Crippen molar-refractivity contribution in [2.75, 3.05) is 25.5 Å². The first-order chi connectivity index (χ1) is 19.7. The summed E-state index contributed by atoms with van der Waals surface area (Å²) in [6.45, 7) is 6.11. The molecule has 5 rings (SSSR count). The average Bonchev–Trinajstić information content (AvgIpc) is 3.39. The lowest BCUT2D eigenvalue weighted by Crippen LogP contribution is -2.49. The molecule has 2 aliphatic heterocycles. The Morgan fingerprint density at radius 1 is 1.00 bits per heavy atom. The van der Waals surface area contributed by atoms with Crippen LogP contribution < -0.4 is 0 Å². The molecule has 12 heteroatoms. The maximum Gasteiger partial charge on any atom is 0.241 e. The van der Waals surface area contributed by atoms with Crippen molar-refractivity contribution in [3.05, 3.63) is 71.0 Å². The van der Waals surface area contributed by atoms with Crippen molar-refractivity contribution in [2.45, 2.75) is 58.7 Å². The SMILES string of the molecule is CC(C)C1C(=O)N(Cc2cn(CCC3OCCCO3)nn2)CCS(=O)(=O)N1Cc1ccc(-c2ccc(Cl)cc2)cc1. The van der Waals surface area contributed by atoms with Gasteiger partial charge in [0.1, 0.15) is 11.7 Å². The second-order valence-electron chi connectivity index (χ2n) is 10.8. The number of carbonyl (C=O) groups is 1. The fraction of sp³-hybridized carbons (Fsp3) is 0.483. The summed E-state index contributed by atoms with van der Waals surface area (Å²) in [5.41, 5.74) is 3.43. The van der Waals surface area contributed by atoms with E-state index in [2.05, 4.69) is 10.3 Å². The summed E-state index contributed by atoms with van der Waals surface area (Å²) in [6.07, 6.45) is 3.09. The van der Waals surface area contributed by atoms with Gasteiger partial charge >= 0.3 is 0 Å². The third-order valence-electron chi connectivity index (χ3n) is 7.38. The van der Waals surface area contributed by atoms with Gasteiger partial charge in [-0.1, -0.05) is 67.1 Å². The van der Waals surface area contributed by atoms with Crippen LogP contribution in [0.15, 0.2) is 54.7 Å². The van der Waals surface area contributed by atoms with Crippen molar-refractivity contribution in [2.24, 2.45) is 5.92 Å². The van der Waals surface area contributed by atoms with Crippen LogP contribution in [-0.4, -0.2) is 76.4 Å². The molecule has 1 unspecified atom stereocenters. The van der Waals surface area contributed by atoms with Gasteiger partial charge in [0.2, 0.25) is 15.9 Å². The molecule has 3 aromatic rings. The van der Waals surface area contributed by atoms with Gasteiger partial charge in [0.15, 0.2) is 6.29 Å². The minimum absolute atomic E-state index is 0.0903. The number of aryl methyl sites for hydroxylation is 1. The van der Waals surface area contributed by atoms with E-state index in [0.29, 0.717) is 36.9 Å². The summed E-state index contributed by atoms with van der Waals surface area (Å²) in [4.78, 5) is 15.4. The molecule has 2 fully saturated rings. The fourth-order valence-corrected chi connectivity index (χ4v) is 7.03. The van der Waals surface area contributed by atoms with Crippen molar-refractivity contribution >= 4 is 27.5 Å². The molecule has 2 aromatic carbocycles. The van der Waals surface area contributed by atoms with E-state index in [0.717, 1.165) is 23.1 Å². The minimum atomic E-state index is -3.71. The molecule has 1 atom stereocenters. The molecule has 0 bridgehead atoms. The smallest absolute Gasteiger partial charge is 0.241 e. The first kappa shape index (κ1) is 29.7. The predicted octanol–water partition coefficient (Wildman–Crippen LogP) is 3.95. The Kier molecular flexibility index (Phi) is 9.40. The van der Waals surface area contributed by atoms with Gasteiger partial charge in [-0.2, -0.15) is 4.31 Å². The minimum Gasteiger partial charge on any atom is -0.353 e. The van der Waals surface area contributed by atoms with Gasteiger partial charge in [0, 0.05) is 31.1 Å². The van der Waals surface area contributed by atoms with Crippen LogP contribution in [0.25, 0.3) is 11.1 Å². The normalized spacial score (nSPS) is 20.4. The number of ether oxygens (including phenoxy) is 2. The van der Waals surface area contributed by atoms with Gasteiger partial charge in [-0.05, 0) is 41.2 Å². The summed E-state index contributed by atoms with van der Waals surface area (Å²) in [5, 5.41) is 9.09. The van der Waals surface area contributed by atoms with Crippen LogP contribution in [0.4, 0.5) is 0 Å². The zero-order valence-corrected chi connectivity index (χ0v) is 24.9. The second-order valence-corrected chi connectivity index (χ2v) is 13.3. The average molecular weight is 602 g/mol. The van der Waals surface area contributed by atoms with Crippen molar-refractivity contribution in [3.63, 3.8) is 0 Å². The first-order valence-corrected chi connectivity index (χ1v) is 15.9. The molecule has 1 aromatic heterocycles. The van der Waals surface area contributed by atoms with Gasteiger partial charge < -0.3 is 14.4 Å². The number of sulfonamides is 1. The number of hydrogen-bond acceptors (Lipinski definition) is 7.